The zero-order valence-electron chi connectivity index (χ0n) is 13.8. The second-order valence-electron chi connectivity index (χ2n) is 7.45. The van der Waals surface area contributed by atoms with Crippen LogP contribution in [0, 0.1) is 10.8 Å². The molecule has 6 nitrogen and oxygen atoms in total. The Labute approximate surface area is 126 Å². The predicted molar refractivity (Wildman–Crippen MR) is 79.8 cm³/mol. The molecule has 4 N–H and O–H groups in total. The van der Waals surface area contributed by atoms with Gasteiger partial charge in [0.15, 0.2) is 0 Å². The summed E-state index contributed by atoms with van der Waals surface area (Å²) in [7, 11) is 0. The van der Waals surface area contributed by atoms with E-state index in [-0.39, 0.29) is 6.10 Å². The minimum absolute atomic E-state index is 0.0869. The number of carboxylic acids is 1. The Morgan fingerprint density at radius 2 is 1.95 bits per heavy atom. The van der Waals surface area contributed by atoms with Crippen LogP contribution in [0.1, 0.15) is 48.0 Å². The molecule has 0 spiro atoms. The molecule has 0 heterocycles. The highest BCUT2D eigenvalue weighted by molar-refractivity contribution is 5.92. The molecule has 2 unspecified atom stereocenters. The topological polar surface area (TPSA) is 102 Å². The van der Waals surface area contributed by atoms with Crippen LogP contribution in [0.15, 0.2) is 0 Å². The van der Waals surface area contributed by atoms with E-state index in [1.54, 1.807) is 20.8 Å². The summed E-state index contributed by atoms with van der Waals surface area (Å²) in [4.78, 5) is 23.9. The number of nitrogens with two attached hydrogens (primary N) is 1. The van der Waals surface area contributed by atoms with E-state index in [0.29, 0.717) is 13.0 Å². The number of amides is 1. The fourth-order valence-electron chi connectivity index (χ4n) is 2.73. The van der Waals surface area contributed by atoms with Crippen molar-refractivity contribution >= 4 is 11.9 Å². The van der Waals surface area contributed by atoms with Gasteiger partial charge < -0.3 is 20.9 Å². The number of nitrogens with one attached hydrogen (secondary N) is 1. The van der Waals surface area contributed by atoms with E-state index in [9.17, 15) is 14.7 Å². The van der Waals surface area contributed by atoms with Crippen LogP contribution in [0.4, 0.5) is 0 Å². The maximum atomic E-state index is 12.5. The predicted octanol–water partition coefficient (Wildman–Crippen LogP) is 1.13. The zero-order chi connectivity index (χ0) is 16.6. The Morgan fingerprint density at radius 3 is 2.29 bits per heavy atom. The summed E-state index contributed by atoms with van der Waals surface area (Å²) in [6.07, 6.45) is 0.312. The molecule has 0 radical (unpaired) electrons. The Hall–Kier alpha value is -1.14. The number of hydrogen-bond donors (Lipinski definition) is 3. The normalized spacial score (nSPS) is 29.4. The fourth-order valence-corrected chi connectivity index (χ4v) is 2.73. The highest BCUT2D eigenvalue weighted by Crippen LogP contribution is 2.50. The molecule has 0 aromatic carbocycles. The summed E-state index contributed by atoms with van der Waals surface area (Å²) in [5, 5.41) is 11.9. The lowest BCUT2D eigenvalue weighted by molar-refractivity contribution is -0.173. The lowest BCUT2D eigenvalue weighted by atomic mass is 9.54. The van der Waals surface area contributed by atoms with Crippen LogP contribution >= 0.6 is 0 Å². The van der Waals surface area contributed by atoms with E-state index in [2.05, 4.69) is 5.32 Å². The third-order valence-corrected chi connectivity index (χ3v) is 4.62. The zero-order valence-corrected chi connectivity index (χ0v) is 13.8. The molecular formula is C15H28N2O4. The van der Waals surface area contributed by atoms with Crippen molar-refractivity contribution in [3.05, 3.63) is 0 Å². The Bertz CT molecular complexity index is 428. The van der Waals surface area contributed by atoms with E-state index in [4.69, 9.17) is 10.5 Å². The standard InChI is InChI=1S/C15H28N2O4/c1-7-21-9-8-15(16,14(9,5)6)12(20)17-10(11(18)19)13(2,3)4/h9-10H,7-8,16H2,1-6H3,(H,17,20)(H,18,19)/t9?,10-,15?/m1/s1. The van der Waals surface area contributed by atoms with E-state index in [1.165, 1.54) is 0 Å². The van der Waals surface area contributed by atoms with Crippen LogP contribution in [-0.4, -0.2) is 41.3 Å². The van der Waals surface area contributed by atoms with Gasteiger partial charge in [0.05, 0.1) is 6.10 Å². The molecule has 0 aromatic rings. The van der Waals surface area contributed by atoms with Gasteiger partial charge in [-0.05, 0) is 12.3 Å². The van der Waals surface area contributed by atoms with E-state index >= 15 is 0 Å². The van der Waals surface area contributed by atoms with E-state index in [0.717, 1.165) is 0 Å². The van der Waals surface area contributed by atoms with Gasteiger partial charge in [0.2, 0.25) is 5.91 Å². The first-order valence-corrected chi connectivity index (χ1v) is 7.32. The Kier molecular flexibility index (Phi) is 4.75. The second kappa shape index (κ2) is 5.57. The summed E-state index contributed by atoms with van der Waals surface area (Å²) >= 11 is 0. The SMILES string of the molecule is CCOC1CC(N)(C(=O)N[C@H](C(=O)O)C(C)(C)C)C1(C)C. The van der Waals surface area contributed by atoms with Gasteiger partial charge in [0.25, 0.3) is 0 Å². The van der Waals surface area contributed by atoms with Crippen LogP contribution in [0.5, 0.6) is 0 Å². The van der Waals surface area contributed by atoms with Crippen molar-refractivity contribution in [1.29, 1.82) is 0 Å². The lowest BCUT2D eigenvalue weighted by Gasteiger charge is -2.57. The molecule has 1 rings (SSSR count). The summed E-state index contributed by atoms with van der Waals surface area (Å²) < 4.78 is 5.58. The molecule has 21 heavy (non-hydrogen) atoms. The van der Waals surface area contributed by atoms with Crippen molar-refractivity contribution in [2.75, 3.05) is 6.61 Å². The number of ether oxygens (including phenoxy) is 1. The third kappa shape index (κ3) is 3.06. The first-order valence-electron chi connectivity index (χ1n) is 7.32. The molecule has 0 bridgehead atoms. The van der Waals surface area contributed by atoms with E-state index in [1.807, 2.05) is 20.8 Å². The van der Waals surface area contributed by atoms with Crippen LogP contribution in [0.2, 0.25) is 0 Å². The molecule has 1 aliphatic rings. The molecule has 1 saturated carbocycles. The van der Waals surface area contributed by atoms with Crippen LogP contribution in [-0.2, 0) is 14.3 Å². The van der Waals surface area contributed by atoms with Gasteiger partial charge in [0.1, 0.15) is 11.6 Å². The van der Waals surface area contributed by atoms with Gasteiger partial charge in [-0.1, -0.05) is 34.6 Å². The second-order valence-corrected chi connectivity index (χ2v) is 7.45. The first-order chi connectivity index (χ1) is 9.38. The smallest absolute Gasteiger partial charge is 0.326 e. The summed E-state index contributed by atoms with van der Waals surface area (Å²) in [6, 6.07) is -0.979. The number of hydrogen-bond acceptors (Lipinski definition) is 4. The van der Waals surface area contributed by atoms with E-state index < -0.39 is 34.3 Å². The average molecular weight is 300 g/mol. The maximum Gasteiger partial charge on any atom is 0.326 e. The molecule has 122 valence electrons. The van der Waals surface area contributed by atoms with Gasteiger partial charge in [-0.3, -0.25) is 4.79 Å². The first kappa shape index (κ1) is 17.9. The van der Waals surface area contributed by atoms with Gasteiger partial charge in [-0.25, -0.2) is 4.79 Å². The number of carbonyl (C=O) groups excluding carboxylic acids is 1. The molecule has 3 atom stereocenters. The highest BCUT2D eigenvalue weighted by Gasteiger charge is 2.63. The minimum atomic E-state index is -1.11. The van der Waals surface area contributed by atoms with Crippen molar-refractivity contribution < 1.29 is 19.4 Å². The third-order valence-electron chi connectivity index (χ3n) is 4.62. The molecule has 1 amide bonds. The summed E-state index contributed by atoms with van der Waals surface area (Å²) in [5.74, 6) is -1.48. The molecule has 0 aliphatic heterocycles. The molecule has 0 aromatic heterocycles. The van der Waals surface area contributed by atoms with Crippen molar-refractivity contribution in [3.8, 4) is 0 Å². The minimum Gasteiger partial charge on any atom is -0.480 e. The van der Waals surface area contributed by atoms with Gasteiger partial charge in [0, 0.05) is 18.4 Å². The van der Waals surface area contributed by atoms with Crippen LogP contribution in [0.25, 0.3) is 0 Å². The van der Waals surface area contributed by atoms with Gasteiger partial charge in [-0.2, -0.15) is 0 Å². The highest BCUT2D eigenvalue weighted by atomic mass is 16.5. The fraction of sp³-hybridized carbons (Fsp3) is 0.867. The summed E-state index contributed by atoms with van der Waals surface area (Å²) in [5.41, 5.74) is 4.02. The number of rotatable bonds is 5. The molecule has 6 heteroatoms. The lowest BCUT2D eigenvalue weighted by Crippen LogP contribution is -2.76. The number of carboxylic acid groups (broad SMARTS) is 1. The van der Waals surface area contributed by atoms with Crippen molar-refractivity contribution in [2.24, 2.45) is 16.6 Å². The average Bonchev–Trinajstić information content (AvgIpc) is 2.33. The molecule has 1 fully saturated rings. The maximum absolute atomic E-state index is 12.5. The molecule has 0 saturated heterocycles. The Morgan fingerprint density at radius 1 is 1.43 bits per heavy atom. The Balaban J connectivity index is 2.87. The molecule has 1 aliphatic carbocycles. The van der Waals surface area contributed by atoms with Gasteiger partial charge >= 0.3 is 5.97 Å². The van der Waals surface area contributed by atoms with Crippen molar-refractivity contribution in [3.63, 3.8) is 0 Å². The largest absolute Gasteiger partial charge is 0.480 e. The number of carbonyl (C=O) groups is 2. The monoisotopic (exact) mass is 300 g/mol. The summed E-state index contributed by atoms with van der Waals surface area (Å²) in [6.45, 7) is 11.5. The molecular weight excluding hydrogens is 272 g/mol. The quantitative estimate of drug-likeness (QED) is 0.706. The van der Waals surface area contributed by atoms with Crippen molar-refractivity contribution in [1.82, 2.24) is 5.32 Å². The van der Waals surface area contributed by atoms with Crippen molar-refractivity contribution in [2.45, 2.75) is 65.6 Å². The van der Waals surface area contributed by atoms with Crippen LogP contribution < -0.4 is 11.1 Å². The number of aliphatic carboxylic acids is 1. The van der Waals surface area contributed by atoms with Crippen LogP contribution in [0.3, 0.4) is 0 Å². The van der Waals surface area contributed by atoms with Gasteiger partial charge in [-0.15, -0.1) is 0 Å².